The molecule has 1 amide bonds. The molecule has 0 aliphatic carbocycles. The van der Waals surface area contributed by atoms with Crippen molar-refractivity contribution in [2.45, 2.75) is 6.54 Å². The van der Waals surface area contributed by atoms with Crippen molar-refractivity contribution in [3.05, 3.63) is 83.2 Å². The minimum atomic E-state index is -0.646. The highest BCUT2D eigenvalue weighted by atomic mass is 16.3. The third kappa shape index (κ3) is 2.67. The molecule has 2 aromatic carbocycles. The van der Waals surface area contributed by atoms with Crippen LogP contribution in [0.4, 0.5) is 5.69 Å². The quantitative estimate of drug-likeness (QED) is 0.725. The molecule has 0 atom stereocenters. The highest BCUT2D eigenvalue weighted by Gasteiger charge is 2.21. The van der Waals surface area contributed by atoms with Crippen LogP contribution in [0.2, 0.25) is 0 Å². The molecule has 0 saturated heterocycles. The van der Waals surface area contributed by atoms with Crippen molar-refractivity contribution in [2.24, 2.45) is 0 Å². The first kappa shape index (κ1) is 15.6. The SMILES string of the molecule is C=CCn1c(=O)c(C(=O)Nc2ccccc2)c(O)c2ccccc21. The van der Waals surface area contributed by atoms with Gasteiger partial charge in [0.25, 0.3) is 11.5 Å². The lowest BCUT2D eigenvalue weighted by atomic mass is 10.1. The third-order valence-corrected chi connectivity index (χ3v) is 3.72. The van der Waals surface area contributed by atoms with Crippen LogP contribution in [-0.2, 0) is 6.54 Å². The first-order chi connectivity index (χ1) is 11.6. The zero-order valence-corrected chi connectivity index (χ0v) is 12.9. The van der Waals surface area contributed by atoms with Gasteiger partial charge in [0.2, 0.25) is 0 Å². The van der Waals surface area contributed by atoms with Gasteiger partial charge in [-0.05, 0) is 24.3 Å². The summed E-state index contributed by atoms with van der Waals surface area (Å²) < 4.78 is 1.42. The average molecular weight is 320 g/mol. The van der Waals surface area contributed by atoms with Gasteiger partial charge in [-0.3, -0.25) is 9.59 Å². The Balaban J connectivity index is 2.18. The number of hydrogen-bond donors (Lipinski definition) is 2. The predicted octanol–water partition coefficient (Wildman–Crippen LogP) is 3.15. The van der Waals surface area contributed by atoms with Gasteiger partial charge in [0.1, 0.15) is 11.3 Å². The Kier molecular flexibility index (Phi) is 4.16. The molecule has 2 N–H and O–H groups in total. The first-order valence-corrected chi connectivity index (χ1v) is 7.45. The van der Waals surface area contributed by atoms with Gasteiger partial charge in [-0.2, -0.15) is 0 Å². The summed E-state index contributed by atoms with van der Waals surface area (Å²) in [5.74, 6) is -0.961. The number of fused-ring (bicyclic) bond motifs is 1. The van der Waals surface area contributed by atoms with Crippen molar-refractivity contribution in [3.63, 3.8) is 0 Å². The summed E-state index contributed by atoms with van der Waals surface area (Å²) in [6.07, 6.45) is 1.57. The summed E-state index contributed by atoms with van der Waals surface area (Å²) >= 11 is 0. The van der Waals surface area contributed by atoms with E-state index in [-0.39, 0.29) is 17.9 Å². The van der Waals surface area contributed by atoms with Crippen molar-refractivity contribution in [3.8, 4) is 5.75 Å². The zero-order valence-electron chi connectivity index (χ0n) is 12.9. The summed E-state index contributed by atoms with van der Waals surface area (Å²) in [5.41, 5.74) is 0.264. The molecule has 0 saturated carbocycles. The predicted molar refractivity (Wildman–Crippen MR) is 94.5 cm³/mol. The molecule has 3 aromatic rings. The summed E-state index contributed by atoms with van der Waals surface area (Å²) in [5, 5.41) is 13.5. The van der Waals surface area contributed by atoms with Gasteiger partial charge in [-0.25, -0.2) is 0 Å². The fraction of sp³-hybridized carbons (Fsp3) is 0.0526. The van der Waals surface area contributed by atoms with E-state index in [4.69, 9.17) is 0 Å². The topological polar surface area (TPSA) is 71.3 Å². The third-order valence-electron chi connectivity index (χ3n) is 3.72. The molecule has 120 valence electrons. The second-order valence-corrected chi connectivity index (χ2v) is 5.27. The van der Waals surface area contributed by atoms with Crippen LogP contribution >= 0.6 is 0 Å². The lowest BCUT2D eigenvalue weighted by molar-refractivity contribution is 0.102. The number of para-hydroxylation sites is 2. The minimum absolute atomic E-state index is 0.241. The summed E-state index contributed by atoms with van der Waals surface area (Å²) in [4.78, 5) is 25.3. The number of amides is 1. The van der Waals surface area contributed by atoms with Crippen LogP contribution in [0.15, 0.2) is 72.0 Å². The lowest BCUT2D eigenvalue weighted by Gasteiger charge is -2.13. The largest absolute Gasteiger partial charge is 0.506 e. The normalized spacial score (nSPS) is 10.5. The van der Waals surface area contributed by atoms with Crippen LogP contribution < -0.4 is 10.9 Å². The Labute approximate surface area is 138 Å². The van der Waals surface area contributed by atoms with Gasteiger partial charge in [-0.15, -0.1) is 6.58 Å². The van der Waals surface area contributed by atoms with Crippen molar-refractivity contribution >= 4 is 22.5 Å². The molecule has 3 rings (SSSR count). The number of carbonyl (C=O) groups is 1. The number of allylic oxidation sites excluding steroid dienone is 1. The molecule has 24 heavy (non-hydrogen) atoms. The summed E-state index contributed by atoms with van der Waals surface area (Å²) in [6.45, 7) is 3.89. The van der Waals surface area contributed by atoms with E-state index < -0.39 is 11.5 Å². The number of hydrogen-bond acceptors (Lipinski definition) is 3. The molecule has 0 radical (unpaired) electrons. The van der Waals surface area contributed by atoms with E-state index in [1.54, 1.807) is 54.6 Å². The smallest absolute Gasteiger partial charge is 0.268 e. The standard InChI is InChI=1S/C19H16N2O3/c1-2-12-21-15-11-7-6-10-14(15)17(22)16(19(21)24)18(23)20-13-8-4-3-5-9-13/h2-11,22H,1,12H2,(H,20,23). The number of carbonyl (C=O) groups excluding carboxylic acids is 1. The maximum Gasteiger partial charge on any atom is 0.268 e. The Morgan fingerprint density at radius 3 is 2.50 bits per heavy atom. The Morgan fingerprint density at radius 1 is 1.12 bits per heavy atom. The molecule has 0 aliphatic rings. The molecule has 0 unspecified atom stereocenters. The number of nitrogens with zero attached hydrogens (tertiary/aromatic N) is 1. The lowest BCUT2D eigenvalue weighted by Crippen LogP contribution is -2.29. The van der Waals surface area contributed by atoms with Crippen LogP contribution in [0, 0.1) is 0 Å². The number of rotatable bonds is 4. The second-order valence-electron chi connectivity index (χ2n) is 5.27. The summed E-state index contributed by atoms with van der Waals surface area (Å²) in [7, 11) is 0. The second kappa shape index (κ2) is 6.42. The number of benzene rings is 2. The van der Waals surface area contributed by atoms with Crippen molar-refractivity contribution < 1.29 is 9.90 Å². The van der Waals surface area contributed by atoms with Gasteiger partial charge >= 0.3 is 0 Å². The molecule has 0 aliphatic heterocycles. The number of aromatic hydroxyl groups is 1. The molecule has 1 heterocycles. The molecule has 5 nitrogen and oxygen atoms in total. The van der Waals surface area contributed by atoms with E-state index in [0.29, 0.717) is 16.6 Å². The van der Waals surface area contributed by atoms with Crippen LogP contribution in [-0.4, -0.2) is 15.6 Å². The fourth-order valence-electron chi connectivity index (χ4n) is 2.62. The molecule has 0 bridgehead atoms. The van der Waals surface area contributed by atoms with Gasteiger partial charge in [0.15, 0.2) is 0 Å². The van der Waals surface area contributed by atoms with Gasteiger partial charge in [-0.1, -0.05) is 36.4 Å². The van der Waals surface area contributed by atoms with E-state index in [2.05, 4.69) is 11.9 Å². The van der Waals surface area contributed by atoms with Crippen molar-refractivity contribution in [1.82, 2.24) is 4.57 Å². The zero-order chi connectivity index (χ0) is 17.1. The Morgan fingerprint density at radius 2 is 1.79 bits per heavy atom. The Hall–Kier alpha value is -3.34. The monoisotopic (exact) mass is 320 g/mol. The number of anilines is 1. The highest BCUT2D eigenvalue weighted by molar-refractivity contribution is 6.09. The van der Waals surface area contributed by atoms with E-state index in [1.807, 2.05) is 6.07 Å². The molecule has 0 spiro atoms. The summed E-state index contributed by atoms with van der Waals surface area (Å²) in [6, 6.07) is 15.7. The van der Waals surface area contributed by atoms with Crippen LogP contribution in [0.25, 0.3) is 10.9 Å². The molecule has 5 heteroatoms. The van der Waals surface area contributed by atoms with Gasteiger partial charge < -0.3 is 15.0 Å². The van der Waals surface area contributed by atoms with E-state index in [9.17, 15) is 14.7 Å². The Bertz CT molecular complexity index is 975. The fourth-order valence-corrected chi connectivity index (χ4v) is 2.62. The number of aromatic nitrogens is 1. The maximum absolute atomic E-state index is 12.7. The molecule has 1 aromatic heterocycles. The maximum atomic E-state index is 12.7. The molecular formula is C19H16N2O3. The van der Waals surface area contributed by atoms with E-state index >= 15 is 0 Å². The number of nitrogens with one attached hydrogen (secondary N) is 1. The highest BCUT2D eigenvalue weighted by Crippen LogP contribution is 2.26. The first-order valence-electron chi connectivity index (χ1n) is 7.45. The van der Waals surface area contributed by atoms with E-state index in [0.717, 1.165) is 0 Å². The van der Waals surface area contributed by atoms with E-state index in [1.165, 1.54) is 4.57 Å². The van der Waals surface area contributed by atoms with Crippen LogP contribution in [0.1, 0.15) is 10.4 Å². The van der Waals surface area contributed by atoms with Crippen molar-refractivity contribution in [2.75, 3.05) is 5.32 Å². The molecular weight excluding hydrogens is 304 g/mol. The number of pyridine rings is 1. The van der Waals surface area contributed by atoms with Crippen LogP contribution in [0.3, 0.4) is 0 Å². The minimum Gasteiger partial charge on any atom is -0.506 e. The molecule has 0 fully saturated rings. The van der Waals surface area contributed by atoms with Gasteiger partial charge in [0.05, 0.1) is 5.52 Å². The van der Waals surface area contributed by atoms with Crippen LogP contribution in [0.5, 0.6) is 5.75 Å². The van der Waals surface area contributed by atoms with Gasteiger partial charge in [0, 0.05) is 17.6 Å². The average Bonchev–Trinajstić information content (AvgIpc) is 2.59. The van der Waals surface area contributed by atoms with Crippen molar-refractivity contribution in [1.29, 1.82) is 0 Å².